The molecular weight excluding hydrogens is 240 g/mol. The minimum atomic E-state index is -1.26. The highest BCUT2D eigenvalue weighted by atomic mass is 16.4. The van der Waals surface area contributed by atoms with Gasteiger partial charge < -0.3 is 15.3 Å². The quantitative estimate of drug-likeness (QED) is 0.617. The van der Waals surface area contributed by atoms with Gasteiger partial charge in [0.05, 0.1) is 17.1 Å². The minimum Gasteiger partial charge on any atom is -0.481 e. The van der Waals surface area contributed by atoms with Crippen LogP contribution in [0.1, 0.15) is 0 Å². The number of carboxylic acids is 3. The Morgan fingerprint density at radius 1 is 0.833 bits per heavy atom. The molecule has 6 nitrogen and oxygen atoms in total. The Morgan fingerprint density at radius 2 is 1.22 bits per heavy atom. The molecule has 3 unspecified atom stereocenters. The van der Waals surface area contributed by atoms with Gasteiger partial charge in [-0.1, -0.05) is 12.2 Å². The van der Waals surface area contributed by atoms with Crippen molar-refractivity contribution in [3.05, 3.63) is 23.3 Å². The number of aliphatic carboxylic acids is 3. The highest BCUT2D eigenvalue weighted by Gasteiger charge is 2.67. The van der Waals surface area contributed by atoms with Gasteiger partial charge in [-0.15, -0.1) is 0 Å². The minimum absolute atomic E-state index is 0.139. The van der Waals surface area contributed by atoms with Gasteiger partial charge in [-0.2, -0.15) is 0 Å². The molecule has 94 valence electrons. The number of carboxylic acid groups (broad SMARTS) is 3. The molecule has 0 spiro atoms. The van der Waals surface area contributed by atoms with E-state index in [0.717, 1.165) is 0 Å². The van der Waals surface area contributed by atoms with E-state index in [9.17, 15) is 14.4 Å². The van der Waals surface area contributed by atoms with Crippen LogP contribution >= 0.6 is 0 Å². The third-order valence-electron chi connectivity index (χ3n) is 4.19. The van der Waals surface area contributed by atoms with E-state index in [2.05, 4.69) is 0 Å². The zero-order chi connectivity index (χ0) is 13.2. The third kappa shape index (κ3) is 1.15. The SMILES string of the molecule is O=C(O)C1=C(C(=O)O)C2C=CC1[C@@H]1C(C(=O)O)[C@H]21. The van der Waals surface area contributed by atoms with Crippen LogP contribution in [0.3, 0.4) is 0 Å². The monoisotopic (exact) mass is 250 g/mol. The molecule has 0 aromatic rings. The Kier molecular flexibility index (Phi) is 1.97. The van der Waals surface area contributed by atoms with E-state index in [4.69, 9.17) is 15.3 Å². The fourth-order valence-electron chi connectivity index (χ4n) is 3.56. The zero-order valence-electron chi connectivity index (χ0n) is 9.11. The van der Waals surface area contributed by atoms with Crippen LogP contribution in [0.2, 0.25) is 0 Å². The molecule has 1 saturated carbocycles. The van der Waals surface area contributed by atoms with E-state index in [-0.39, 0.29) is 23.0 Å². The van der Waals surface area contributed by atoms with Gasteiger partial charge in [0, 0.05) is 11.8 Å². The van der Waals surface area contributed by atoms with Gasteiger partial charge in [-0.3, -0.25) is 4.79 Å². The van der Waals surface area contributed by atoms with Gasteiger partial charge in [0.1, 0.15) is 0 Å². The molecule has 18 heavy (non-hydrogen) atoms. The van der Waals surface area contributed by atoms with Crippen molar-refractivity contribution < 1.29 is 29.7 Å². The van der Waals surface area contributed by atoms with Crippen molar-refractivity contribution in [1.82, 2.24) is 0 Å². The topological polar surface area (TPSA) is 112 Å². The first-order chi connectivity index (χ1) is 8.45. The van der Waals surface area contributed by atoms with E-state index in [0.29, 0.717) is 0 Å². The molecule has 4 rings (SSSR count). The van der Waals surface area contributed by atoms with Gasteiger partial charge in [0.15, 0.2) is 0 Å². The fourth-order valence-corrected chi connectivity index (χ4v) is 3.56. The predicted octanol–water partition coefficient (Wildman–Crippen LogP) is 0.215. The second-order valence-electron chi connectivity index (χ2n) is 4.89. The van der Waals surface area contributed by atoms with Crippen LogP contribution in [0, 0.1) is 29.6 Å². The summed E-state index contributed by atoms with van der Waals surface area (Å²) in [7, 11) is 0. The maximum Gasteiger partial charge on any atom is 0.332 e. The molecule has 0 heterocycles. The summed E-state index contributed by atoms with van der Waals surface area (Å²) in [5.74, 6) is -5.79. The standard InChI is InChI=1S/C12H10O6/c13-10(14)7-3-1-2-4(8(7)11(15)16)6-5(3)9(6)12(17)18/h1-6,9H,(H,13,14)(H,15,16)(H,17,18)/t3?,4?,5-,6+,9?. The molecule has 0 aromatic heterocycles. The van der Waals surface area contributed by atoms with Crippen molar-refractivity contribution in [2.45, 2.75) is 0 Å². The summed E-state index contributed by atoms with van der Waals surface area (Å²) in [5, 5.41) is 27.3. The molecule has 3 N–H and O–H groups in total. The maximum atomic E-state index is 11.2. The van der Waals surface area contributed by atoms with Crippen LogP contribution in [0.25, 0.3) is 0 Å². The fraction of sp³-hybridized carbons (Fsp3) is 0.417. The highest BCUT2D eigenvalue weighted by molar-refractivity contribution is 6.02. The lowest BCUT2D eigenvalue weighted by atomic mass is 9.71. The molecule has 4 aliphatic carbocycles. The summed E-state index contributed by atoms with van der Waals surface area (Å²) in [6.07, 6.45) is 3.29. The van der Waals surface area contributed by atoms with Crippen LogP contribution in [-0.2, 0) is 14.4 Å². The zero-order valence-corrected chi connectivity index (χ0v) is 9.11. The van der Waals surface area contributed by atoms with E-state index in [1.165, 1.54) is 0 Å². The molecule has 0 radical (unpaired) electrons. The number of rotatable bonds is 3. The Morgan fingerprint density at radius 3 is 1.50 bits per heavy atom. The first-order valence-electron chi connectivity index (χ1n) is 5.57. The number of carbonyl (C=O) groups is 3. The van der Waals surface area contributed by atoms with E-state index in [1.807, 2.05) is 0 Å². The van der Waals surface area contributed by atoms with Crippen molar-refractivity contribution in [2.75, 3.05) is 0 Å². The largest absolute Gasteiger partial charge is 0.481 e. The van der Waals surface area contributed by atoms with Crippen LogP contribution in [-0.4, -0.2) is 33.2 Å². The van der Waals surface area contributed by atoms with Crippen molar-refractivity contribution in [3.8, 4) is 0 Å². The van der Waals surface area contributed by atoms with Gasteiger partial charge in [-0.05, 0) is 11.8 Å². The number of hydrogen-bond donors (Lipinski definition) is 3. The molecule has 0 saturated heterocycles. The molecular formula is C12H10O6. The van der Waals surface area contributed by atoms with Crippen LogP contribution in [0.4, 0.5) is 0 Å². The van der Waals surface area contributed by atoms with E-state index in [1.54, 1.807) is 12.2 Å². The Balaban J connectivity index is 2.09. The number of allylic oxidation sites excluding steroid dienone is 2. The van der Waals surface area contributed by atoms with E-state index < -0.39 is 35.7 Å². The Hall–Kier alpha value is -2.11. The molecule has 0 aromatic carbocycles. The lowest BCUT2D eigenvalue weighted by Gasteiger charge is -2.31. The Labute approximate surface area is 101 Å². The molecule has 0 aliphatic heterocycles. The van der Waals surface area contributed by atoms with Gasteiger partial charge in [-0.25, -0.2) is 9.59 Å². The van der Waals surface area contributed by atoms with Crippen LogP contribution in [0.5, 0.6) is 0 Å². The lowest BCUT2D eigenvalue weighted by Crippen LogP contribution is -2.32. The molecule has 2 bridgehead atoms. The van der Waals surface area contributed by atoms with Crippen molar-refractivity contribution in [3.63, 3.8) is 0 Å². The van der Waals surface area contributed by atoms with Crippen LogP contribution in [0.15, 0.2) is 23.3 Å². The smallest absolute Gasteiger partial charge is 0.332 e. The third-order valence-corrected chi connectivity index (χ3v) is 4.19. The van der Waals surface area contributed by atoms with Crippen molar-refractivity contribution >= 4 is 17.9 Å². The molecule has 5 atom stereocenters. The first kappa shape index (κ1) is 11.0. The van der Waals surface area contributed by atoms with Crippen molar-refractivity contribution in [1.29, 1.82) is 0 Å². The van der Waals surface area contributed by atoms with Crippen LogP contribution < -0.4 is 0 Å². The molecule has 4 aliphatic rings. The van der Waals surface area contributed by atoms with Gasteiger partial charge in [0.2, 0.25) is 0 Å². The van der Waals surface area contributed by atoms with Gasteiger partial charge >= 0.3 is 17.9 Å². The summed E-state index contributed by atoms with van der Waals surface area (Å²) >= 11 is 0. The summed E-state index contributed by atoms with van der Waals surface area (Å²) in [4.78, 5) is 33.5. The number of hydrogen-bond acceptors (Lipinski definition) is 3. The molecule has 1 fully saturated rings. The summed E-state index contributed by atoms with van der Waals surface area (Å²) < 4.78 is 0. The first-order valence-corrected chi connectivity index (χ1v) is 5.57. The predicted molar refractivity (Wildman–Crippen MR) is 56.5 cm³/mol. The summed E-state index contributed by atoms with van der Waals surface area (Å²) in [5.41, 5.74) is -0.278. The lowest BCUT2D eigenvalue weighted by molar-refractivity contribution is -0.139. The average molecular weight is 250 g/mol. The summed E-state index contributed by atoms with van der Waals surface area (Å²) in [6, 6.07) is 0. The average Bonchev–Trinajstić information content (AvgIpc) is 3.04. The maximum absolute atomic E-state index is 11.2. The second kappa shape index (κ2) is 3.22. The van der Waals surface area contributed by atoms with E-state index >= 15 is 0 Å². The second-order valence-corrected chi connectivity index (χ2v) is 4.89. The molecule has 0 amide bonds. The summed E-state index contributed by atoms with van der Waals surface area (Å²) in [6.45, 7) is 0. The normalized spacial score (nSPS) is 39.4. The molecule has 6 heteroatoms. The Bertz CT molecular complexity index is 503. The highest BCUT2D eigenvalue weighted by Crippen LogP contribution is 2.65. The van der Waals surface area contributed by atoms with Gasteiger partial charge in [0.25, 0.3) is 0 Å². The van der Waals surface area contributed by atoms with Crippen molar-refractivity contribution in [2.24, 2.45) is 29.6 Å².